The first-order valence-corrected chi connectivity index (χ1v) is 8.55. The molecule has 2 aromatic carbocycles. The molecule has 0 aromatic heterocycles. The highest BCUT2D eigenvalue weighted by molar-refractivity contribution is 6.34. The summed E-state index contributed by atoms with van der Waals surface area (Å²) in [5, 5.41) is 14.2. The van der Waals surface area contributed by atoms with Crippen LogP contribution in [0.25, 0.3) is 0 Å². The van der Waals surface area contributed by atoms with E-state index in [-0.39, 0.29) is 16.6 Å². The van der Waals surface area contributed by atoms with Gasteiger partial charge in [-0.25, -0.2) is 0 Å². The molecule has 1 fully saturated rings. The summed E-state index contributed by atoms with van der Waals surface area (Å²) in [7, 11) is 1.52. The van der Waals surface area contributed by atoms with E-state index in [0.717, 1.165) is 25.9 Å². The van der Waals surface area contributed by atoms with Gasteiger partial charge in [-0.05, 0) is 37.1 Å². The Morgan fingerprint density at radius 2 is 2.00 bits per heavy atom. The van der Waals surface area contributed by atoms with E-state index >= 15 is 0 Å². The fourth-order valence-electron chi connectivity index (χ4n) is 2.96. The molecule has 1 amide bonds. The van der Waals surface area contributed by atoms with Gasteiger partial charge in [-0.3, -0.25) is 14.9 Å². The van der Waals surface area contributed by atoms with Crippen LogP contribution in [0.2, 0.25) is 5.02 Å². The molecule has 136 valence electrons. The average molecular weight is 376 g/mol. The molecule has 3 rings (SSSR count). The van der Waals surface area contributed by atoms with Crippen LogP contribution in [0.3, 0.4) is 0 Å². The second-order valence-electron chi connectivity index (χ2n) is 5.96. The van der Waals surface area contributed by atoms with Crippen molar-refractivity contribution < 1.29 is 14.5 Å². The summed E-state index contributed by atoms with van der Waals surface area (Å²) in [6.07, 6.45) is 1.95. The number of amides is 1. The fraction of sp³-hybridized carbons (Fsp3) is 0.278. The van der Waals surface area contributed by atoms with Gasteiger partial charge in [-0.2, -0.15) is 0 Å². The largest absolute Gasteiger partial charge is 0.497 e. The van der Waals surface area contributed by atoms with Crippen molar-refractivity contribution in [3.63, 3.8) is 0 Å². The van der Waals surface area contributed by atoms with Crippen molar-refractivity contribution in [3.05, 3.63) is 57.1 Å². The van der Waals surface area contributed by atoms with Crippen LogP contribution < -0.4 is 15.0 Å². The molecular weight excluding hydrogens is 358 g/mol. The van der Waals surface area contributed by atoms with E-state index in [9.17, 15) is 14.9 Å². The number of nitro benzene ring substituents is 1. The van der Waals surface area contributed by atoms with E-state index in [1.807, 2.05) is 4.90 Å². The van der Waals surface area contributed by atoms with Gasteiger partial charge in [0.05, 0.1) is 22.7 Å². The molecule has 0 radical (unpaired) electrons. The maximum absolute atomic E-state index is 12.5. The van der Waals surface area contributed by atoms with Gasteiger partial charge in [0.15, 0.2) is 0 Å². The van der Waals surface area contributed by atoms with Crippen LogP contribution in [0.5, 0.6) is 5.75 Å². The highest BCUT2D eigenvalue weighted by Crippen LogP contribution is 2.38. The molecule has 0 bridgehead atoms. The third-order valence-corrected chi connectivity index (χ3v) is 4.60. The maximum atomic E-state index is 12.5. The van der Waals surface area contributed by atoms with Crippen LogP contribution in [0.4, 0.5) is 17.1 Å². The van der Waals surface area contributed by atoms with Crippen molar-refractivity contribution in [2.24, 2.45) is 0 Å². The molecule has 0 saturated carbocycles. The molecule has 1 saturated heterocycles. The Labute approximate surface area is 155 Å². The predicted octanol–water partition coefficient (Wildman–Crippen LogP) is 4.11. The Hall–Kier alpha value is -2.80. The number of benzene rings is 2. The lowest BCUT2D eigenvalue weighted by molar-refractivity contribution is -0.384. The Balaban J connectivity index is 1.92. The average Bonchev–Trinajstić information content (AvgIpc) is 3.17. The number of carbonyl (C=O) groups excluding carboxylic acids is 1. The first kappa shape index (κ1) is 18.0. The van der Waals surface area contributed by atoms with Gasteiger partial charge < -0.3 is 15.0 Å². The highest BCUT2D eigenvalue weighted by Gasteiger charge is 2.25. The van der Waals surface area contributed by atoms with Crippen molar-refractivity contribution in [3.8, 4) is 5.75 Å². The molecule has 1 heterocycles. The SMILES string of the molecule is COc1cccc(C(=O)Nc2cc(N3CCCC3)c([N+](=O)[O-])cc2Cl)c1. The van der Waals surface area contributed by atoms with Gasteiger partial charge in [0.2, 0.25) is 0 Å². The Morgan fingerprint density at radius 1 is 1.27 bits per heavy atom. The van der Waals surface area contributed by atoms with E-state index in [1.165, 1.54) is 13.2 Å². The third kappa shape index (κ3) is 3.72. The van der Waals surface area contributed by atoms with Crippen molar-refractivity contribution in [2.75, 3.05) is 30.4 Å². The summed E-state index contributed by atoms with van der Waals surface area (Å²) < 4.78 is 5.12. The Morgan fingerprint density at radius 3 is 2.65 bits per heavy atom. The van der Waals surface area contributed by atoms with Crippen molar-refractivity contribution in [1.82, 2.24) is 0 Å². The summed E-state index contributed by atoms with van der Waals surface area (Å²) in [5.41, 5.74) is 1.16. The van der Waals surface area contributed by atoms with Crippen molar-refractivity contribution >= 4 is 34.6 Å². The van der Waals surface area contributed by atoms with Gasteiger partial charge in [0.25, 0.3) is 11.6 Å². The van der Waals surface area contributed by atoms with E-state index in [1.54, 1.807) is 30.3 Å². The summed E-state index contributed by atoms with van der Waals surface area (Å²) >= 11 is 6.18. The molecule has 1 aliphatic rings. The number of ether oxygens (including phenoxy) is 1. The van der Waals surface area contributed by atoms with Gasteiger partial charge in [-0.1, -0.05) is 17.7 Å². The highest BCUT2D eigenvalue weighted by atomic mass is 35.5. The number of nitrogens with zero attached hydrogens (tertiary/aromatic N) is 2. The van der Waals surface area contributed by atoms with E-state index < -0.39 is 4.92 Å². The summed E-state index contributed by atoms with van der Waals surface area (Å²) in [4.78, 5) is 25.4. The molecule has 0 spiro atoms. The normalized spacial score (nSPS) is 13.5. The molecule has 0 atom stereocenters. The first-order chi connectivity index (χ1) is 12.5. The number of hydrogen-bond donors (Lipinski definition) is 1. The van der Waals surface area contributed by atoms with Gasteiger partial charge in [-0.15, -0.1) is 0 Å². The zero-order chi connectivity index (χ0) is 18.7. The number of anilines is 2. The number of nitrogens with one attached hydrogen (secondary N) is 1. The Bertz CT molecular complexity index is 850. The third-order valence-electron chi connectivity index (χ3n) is 4.29. The van der Waals surface area contributed by atoms with Crippen molar-refractivity contribution in [2.45, 2.75) is 12.8 Å². The number of carbonyl (C=O) groups is 1. The molecule has 1 N–H and O–H groups in total. The molecule has 7 nitrogen and oxygen atoms in total. The zero-order valence-electron chi connectivity index (χ0n) is 14.2. The van der Waals surface area contributed by atoms with Crippen LogP contribution in [0.15, 0.2) is 36.4 Å². The van der Waals surface area contributed by atoms with Crippen LogP contribution in [-0.2, 0) is 0 Å². The lowest BCUT2D eigenvalue weighted by Gasteiger charge is -2.19. The summed E-state index contributed by atoms with van der Waals surface area (Å²) in [6.45, 7) is 1.48. The smallest absolute Gasteiger partial charge is 0.294 e. The molecule has 8 heteroatoms. The van der Waals surface area contributed by atoms with E-state index in [2.05, 4.69) is 5.32 Å². The van der Waals surface area contributed by atoms with E-state index in [4.69, 9.17) is 16.3 Å². The number of methoxy groups -OCH3 is 1. The van der Waals surface area contributed by atoms with Crippen LogP contribution >= 0.6 is 11.6 Å². The van der Waals surface area contributed by atoms with E-state index in [0.29, 0.717) is 22.7 Å². The van der Waals surface area contributed by atoms with Crippen LogP contribution in [0, 0.1) is 10.1 Å². The molecule has 0 aliphatic carbocycles. The van der Waals surface area contributed by atoms with Crippen molar-refractivity contribution in [1.29, 1.82) is 0 Å². The quantitative estimate of drug-likeness (QED) is 0.628. The maximum Gasteiger partial charge on any atom is 0.294 e. The molecule has 26 heavy (non-hydrogen) atoms. The van der Waals surface area contributed by atoms with Gasteiger partial charge >= 0.3 is 0 Å². The zero-order valence-corrected chi connectivity index (χ0v) is 15.0. The van der Waals surface area contributed by atoms with Gasteiger partial charge in [0.1, 0.15) is 11.4 Å². The monoisotopic (exact) mass is 375 g/mol. The molecule has 0 unspecified atom stereocenters. The predicted molar refractivity (Wildman–Crippen MR) is 101 cm³/mol. The number of rotatable bonds is 5. The molecular formula is C18H18ClN3O4. The minimum atomic E-state index is -0.451. The number of hydrogen-bond acceptors (Lipinski definition) is 5. The minimum Gasteiger partial charge on any atom is -0.497 e. The standard InChI is InChI=1S/C18H18ClN3O4/c1-26-13-6-4-5-12(9-13)18(23)20-15-11-16(21-7-2-3-8-21)17(22(24)25)10-14(15)19/h4-6,9-11H,2-3,7-8H2,1H3,(H,20,23). The second kappa shape index (κ2) is 7.61. The number of halogens is 1. The van der Waals surface area contributed by atoms with Gasteiger partial charge in [0, 0.05) is 24.7 Å². The second-order valence-corrected chi connectivity index (χ2v) is 6.37. The lowest BCUT2D eigenvalue weighted by atomic mass is 10.1. The fourth-order valence-corrected chi connectivity index (χ4v) is 3.17. The minimum absolute atomic E-state index is 0.0590. The summed E-state index contributed by atoms with van der Waals surface area (Å²) in [6, 6.07) is 9.57. The van der Waals surface area contributed by atoms with Crippen LogP contribution in [-0.4, -0.2) is 31.0 Å². The topological polar surface area (TPSA) is 84.7 Å². The molecule has 2 aromatic rings. The first-order valence-electron chi connectivity index (χ1n) is 8.18. The molecule has 1 aliphatic heterocycles. The van der Waals surface area contributed by atoms with Crippen LogP contribution in [0.1, 0.15) is 23.2 Å². The Kier molecular flexibility index (Phi) is 5.27. The number of nitro groups is 1. The lowest BCUT2D eigenvalue weighted by Crippen LogP contribution is -2.20. The summed E-state index contributed by atoms with van der Waals surface area (Å²) in [5.74, 6) is 0.192.